The van der Waals surface area contributed by atoms with Crippen molar-refractivity contribution in [2.75, 3.05) is 12.4 Å². The zero-order chi connectivity index (χ0) is 13.2. The Balaban J connectivity index is 2.33. The van der Waals surface area contributed by atoms with Crippen LogP contribution in [-0.4, -0.2) is 23.7 Å². The van der Waals surface area contributed by atoms with Crippen molar-refractivity contribution < 1.29 is 14.6 Å². The predicted octanol–water partition coefficient (Wildman–Crippen LogP) is 1.99. The number of methoxy groups -OCH3 is 1. The third-order valence-corrected chi connectivity index (χ3v) is 3.34. The third kappa shape index (κ3) is 1.97. The SMILES string of the molecule is COc1ccc(C#N)c(NC2(C(=O)O)CCC2)c1. The van der Waals surface area contributed by atoms with Gasteiger partial charge in [-0.3, -0.25) is 0 Å². The number of carbonyl (C=O) groups is 1. The second-order valence-electron chi connectivity index (χ2n) is 4.39. The molecule has 5 nitrogen and oxygen atoms in total. The van der Waals surface area contributed by atoms with E-state index in [2.05, 4.69) is 5.32 Å². The minimum Gasteiger partial charge on any atom is -0.497 e. The van der Waals surface area contributed by atoms with E-state index < -0.39 is 11.5 Å². The van der Waals surface area contributed by atoms with Gasteiger partial charge in [0.1, 0.15) is 17.4 Å². The summed E-state index contributed by atoms with van der Waals surface area (Å²) in [5, 5.41) is 21.3. The van der Waals surface area contributed by atoms with Crippen LogP contribution >= 0.6 is 0 Å². The van der Waals surface area contributed by atoms with E-state index in [1.807, 2.05) is 6.07 Å². The average Bonchev–Trinajstić information content (AvgIpc) is 2.32. The summed E-state index contributed by atoms with van der Waals surface area (Å²) < 4.78 is 5.08. The summed E-state index contributed by atoms with van der Waals surface area (Å²) in [5.74, 6) is -0.281. The zero-order valence-corrected chi connectivity index (χ0v) is 10.1. The van der Waals surface area contributed by atoms with Crippen molar-refractivity contribution in [3.05, 3.63) is 23.8 Å². The smallest absolute Gasteiger partial charge is 0.329 e. The highest BCUT2D eigenvalue weighted by molar-refractivity contribution is 5.84. The fourth-order valence-electron chi connectivity index (χ4n) is 2.03. The molecular formula is C13H14N2O3. The van der Waals surface area contributed by atoms with Crippen molar-refractivity contribution in [3.63, 3.8) is 0 Å². The fraction of sp³-hybridized carbons (Fsp3) is 0.385. The Morgan fingerprint density at radius 3 is 2.72 bits per heavy atom. The summed E-state index contributed by atoms with van der Waals surface area (Å²) in [6.45, 7) is 0. The molecule has 1 aliphatic carbocycles. The molecule has 0 saturated heterocycles. The molecule has 0 atom stereocenters. The van der Waals surface area contributed by atoms with Gasteiger partial charge in [-0.1, -0.05) is 0 Å². The number of nitrogens with zero attached hydrogens (tertiary/aromatic N) is 1. The number of rotatable bonds is 4. The highest BCUT2D eigenvalue weighted by atomic mass is 16.5. The number of nitrogens with one attached hydrogen (secondary N) is 1. The van der Waals surface area contributed by atoms with E-state index >= 15 is 0 Å². The van der Waals surface area contributed by atoms with Crippen molar-refractivity contribution in [2.24, 2.45) is 0 Å². The number of ether oxygens (including phenoxy) is 1. The van der Waals surface area contributed by atoms with Gasteiger partial charge in [-0.15, -0.1) is 0 Å². The molecule has 18 heavy (non-hydrogen) atoms. The number of anilines is 1. The first-order valence-corrected chi connectivity index (χ1v) is 5.71. The van der Waals surface area contributed by atoms with Gasteiger partial charge in [0.25, 0.3) is 0 Å². The molecule has 2 N–H and O–H groups in total. The van der Waals surface area contributed by atoms with Crippen LogP contribution in [0, 0.1) is 11.3 Å². The maximum Gasteiger partial charge on any atom is 0.329 e. The molecule has 5 heteroatoms. The lowest BCUT2D eigenvalue weighted by Crippen LogP contribution is -2.52. The van der Waals surface area contributed by atoms with E-state index in [9.17, 15) is 9.90 Å². The molecule has 0 aliphatic heterocycles. The van der Waals surface area contributed by atoms with Gasteiger partial charge in [0, 0.05) is 6.07 Å². The van der Waals surface area contributed by atoms with E-state index in [1.54, 1.807) is 18.2 Å². The van der Waals surface area contributed by atoms with Crippen LogP contribution in [0.25, 0.3) is 0 Å². The van der Waals surface area contributed by atoms with E-state index in [-0.39, 0.29) is 0 Å². The lowest BCUT2D eigenvalue weighted by atomic mass is 9.76. The Kier molecular flexibility index (Phi) is 3.11. The Hall–Kier alpha value is -2.22. The topological polar surface area (TPSA) is 82.3 Å². The number of aliphatic carboxylic acids is 1. The summed E-state index contributed by atoms with van der Waals surface area (Å²) in [4.78, 5) is 11.3. The normalized spacial score (nSPS) is 16.2. The van der Waals surface area contributed by atoms with Gasteiger partial charge in [-0.2, -0.15) is 5.26 Å². The van der Waals surface area contributed by atoms with Gasteiger partial charge < -0.3 is 15.2 Å². The van der Waals surface area contributed by atoms with Gasteiger partial charge in [0.15, 0.2) is 0 Å². The highest BCUT2D eigenvalue weighted by Gasteiger charge is 2.44. The molecular weight excluding hydrogens is 232 g/mol. The van der Waals surface area contributed by atoms with Gasteiger partial charge >= 0.3 is 5.97 Å². The Labute approximate surface area is 105 Å². The second kappa shape index (κ2) is 4.57. The van der Waals surface area contributed by atoms with Crippen LogP contribution in [0.4, 0.5) is 5.69 Å². The van der Waals surface area contributed by atoms with Gasteiger partial charge in [0.2, 0.25) is 0 Å². The molecule has 0 aromatic heterocycles. The van der Waals surface area contributed by atoms with Gasteiger partial charge in [-0.25, -0.2) is 4.79 Å². The quantitative estimate of drug-likeness (QED) is 0.848. The van der Waals surface area contributed by atoms with Crippen molar-refractivity contribution in [1.82, 2.24) is 0 Å². The van der Waals surface area contributed by atoms with Crippen molar-refractivity contribution in [1.29, 1.82) is 5.26 Å². The summed E-state index contributed by atoms with van der Waals surface area (Å²) in [6.07, 6.45) is 2.03. The average molecular weight is 246 g/mol. The molecule has 0 amide bonds. The monoisotopic (exact) mass is 246 g/mol. The molecule has 1 fully saturated rings. The van der Waals surface area contributed by atoms with Crippen LogP contribution in [-0.2, 0) is 4.79 Å². The molecule has 1 aromatic rings. The summed E-state index contributed by atoms with van der Waals surface area (Å²) >= 11 is 0. The minimum absolute atomic E-state index is 0.420. The third-order valence-electron chi connectivity index (χ3n) is 3.34. The molecule has 94 valence electrons. The molecule has 0 bridgehead atoms. The summed E-state index contributed by atoms with van der Waals surface area (Å²) in [5.41, 5.74) is 0.0000874. The van der Waals surface area contributed by atoms with Crippen LogP contribution in [0.2, 0.25) is 0 Å². The first kappa shape index (κ1) is 12.2. The largest absolute Gasteiger partial charge is 0.497 e. The molecule has 0 heterocycles. The first-order chi connectivity index (χ1) is 8.61. The van der Waals surface area contributed by atoms with Crippen LogP contribution in [0.1, 0.15) is 24.8 Å². The Morgan fingerprint density at radius 1 is 1.56 bits per heavy atom. The zero-order valence-electron chi connectivity index (χ0n) is 10.1. The summed E-state index contributed by atoms with van der Waals surface area (Å²) in [7, 11) is 1.53. The van der Waals surface area contributed by atoms with E-state index in [4.69, 9.17) is 10.00 Å². The maximum absolute atomic E-state index is 11.3. The minimum atomic E-state index is -0.933. The molecule has 2 rings (SSSR count). The number of hydrogen-bond acceptors (Lipinski definition) is 4. The highest BCUT2D eigenvalue weighted by Crippen LogP contribution is 2.37. The number of nitriles is 1. The molecule has 0 unspecified atom stereocenters. The predicted molar refractivity (Wildman–Crippen MR) is 65.5 cm³/mol. The number of carboxylic acids is 1. The number of hydrogen-bond donors (Lipinski definition) is 2. The Morgan fingerprint density at radius 2 is 2.28 bits per heavy atom. The van der Waals surface area contributed by atoms with Crippen molar-refractivity contribution in [2.45, 2.75) is 24.8 Å². The van der Waals surface area contributed by atoms with E-state index in [0.29, 0.717) is 29.8 Å². The summed E-state index contributed by atoms with van der Waals surface area (Å²) in [6, 6.07) is 7.00. The van der Waals surface area contributed by atoms with Crippen LogP contribution in [0.3, 0.4) is 0 Å². The van der Waals surface area contributed by atoms with Gasteiger partial charge in [-0.05, 0) is 31.4 Å². The number of benzene rings is 1. The molecule has 0 radical (unpaired) electrons. The fourth-order valence-corrected chi connectivity index (χ4v) is 2.03. The van der Waals surface area contributed by atoms with Gasteiger partial charge in [0.05, 0.1) is 18.4 Å². The number of carboxylic acid groups (broad SMARTS) is 1. The molecule has 1 saturated carbocycles. The molecule has 0 spiro atoms. The maximum atomic E-state index is 11.3. The van der Waals surface area contributed by atoms with Crippen LogP contribution in [0.15, 0.2) is 18.2 Å². The van der Waals surface area contributed by atoms with Crippen molar-refractivity contribution >= 4 is 11.7 Å². The first-order valence-electron chi connectivity index (χ1n) is 5.71. The lowest BCUT2D eigenvalue weighted by Gasteiger charge is -2.39. The van der Waals surface area contributed by atoms with Crippen molar-refractivity contribution in [3.8, 4) is 11.8 Å². The van der Waals surface area contributed by atoms with Crippen LogP contribution in [0.5, 0.6) is 5.75 Å². The molecule has 1 aromatic carbocycles. The van der Waals surface area contributed by atoms with Crippen LogP contribution < -0.4 is 10.1 Å². The lowest BCUT2D eigenvalue weighted by molar-refractivity contribution is -0.145. The Bertz CT molecular complexity index is 515. The van der Waals surface area contributed by atoms with E-state index in [0.717, 1.165) is 6.42 Å². The molecule has 1 aliphatic rings. The second-order valence-corrected chi connectivity index (χ2v) is 4.39. The van der Waals surface area contributed by atoms with E-state index in [1.165, 1.54) is 7.11 Å². The standard InChI is InChI=1S/C13H14N2O3/c1-18-10-4-3-9(8-14)11(7-10)15-13(12(16)17)5-2-6-13/h3-4,7,15H,2,5-6H2,1H3,(H,16,17).